The van der Waals surface area contributed by atoms with Gasteiger partial charge in [-0.2, -0.15) is 0 Å². The third-order valence-electron chi connectivity index (χ3n) is 6.38. The van der Waals surface area contributed by atoms with Crippen molar-refractivity contribution in [3.05, 3.63) is 76.2 Å². The summed E-state index contributed by atoms with van der Waals surface area (Å²) < 4.78 is 0. The van der Waals surface area contributed by atoms with Crippen LogP contribution in [0.15, 0.2) is 54.6 Å². The van der Waals surface area contributed by atoms with Crippen LogP contribution < -0.4 is 21.3 Å². The van der Waals surface area contributed by atoms with Crippen molar-refractivity contribution in [1.82, 2.24) is 16.0 Å². The molecule has 1 aliphatic heterocycles. The minimum absolute atomic E-state index is 0.0330. The maximum absolute atomic E-state index is 13.2. The Labute approximate surface area is 211 Å². The Morgan fingerprint density at radius 1 is 1.09 bits per heavy atom. The molecule has 0 saturated carbocycles. The first-order valence-corrected chi connectivity index (χ1v) is 13.0. The van der Waals surface area contributed by atoms with E-state index in [1.807, 2.05) is 44.2 Å². The van der Waals surface area contributed by atoms with E-state index in [9.17, 15) is 9.59 Å². The van der Waals surface area contributed by atoms with Crippen LogP contribution in [-0.2, 0) is 11.3 Å². The van der Waals surface area contributed by atoms with Gasteiger partial charge in [-0.15, -0.1) is 11.3 Å². The van der Waals surface area contributed by atoms with Crippen molar-refractivity contribution in [2.24, 2.45) is 0 Å². The predicted octanol–water partition coefficient (Wildman–Crippen LogP) is 5.01. The summed E-state index contributed by atoms with van der Waals surface area (Å²) in [6.07, 6.45) is 2.17. The lowest BCUT2D eigenvalue weighted by atomic mass is 10.0. The van der Waals surface area contributed by atoms with E-state index in [1.54, 1.807) is 11.3 Å². The number of hydrogen-bond donors (Lipinski definition) is 4. The number of carbonyl (C=O) groups is 2. The molecular formula is C28H34N4O2S. The fourth-order valence-corrected chi connectivity index (χ4v) is 5.26. The number of anilines is 1. The van der Waals surface area contributed by atoms with Crippen molar-refractivity contribution in [3.8, 4) is 10.4 Å². The van der Waals surface area contributed by atoms with Crippen molar-refractivity contribution in [3.63, 3.8) is 0 Å². The van der Waals surface area contributed by atoms with Gasteiger partial charge >= 0.3 is 0 Å². The normalized spacial score (nSPS) is 14.8. The smallest absolute Gasteiger partial charge is 0.252 e. The first-order chi connectivity index (χ1) is 16.9. The SMILES string of the molecule is CC(=O)NCc1ccc(-c2cccc([C@@H](C)NC(=O)c3cc(NC4CCNCC4)ccc3C)c2)s1. The maximum atomic E-state index is 13.2. The average Bonchev–Trinajstić information content (AvgIpc) is 3.34. The fraction of sp³-hybridized carbons (Fsp3) is 0.357. The molecule has 0 aliphatic carbocycles. The molecule has 1 aromatic heterocycles. The molecule has 3 aromatic rings. The van der Waals surface area contributed by atoms with E-state index >= 15 is 0 Å². The average molecular weight is 491 g/mol. The molecule has 6 nitrogen and oxygen atoms in total. The first-order valence-electron chi connectivity index (χ1n) is 12.2. The summed E-state index contributed by atoms with van der Waals surface area (Å²) in [4.78, 5) is 26.6. The largest absolute Gasteiger partial charge is 0.382 e. The van der Waals surface area contributed by atoms with Crippen molar-refractivity contribution in [1.29, 1.82) is 0 Å². The Hall–Kier alpha value is -3.16. The third kappa shape index (κ3) is 6.71. The second-order valence-corrected chi connectivity index (χ2v) is 10.4. The summed E-state index contributed by atoms with van der Waals surface area (Å²) in [5.41, 5.74) is 4.81. The van der Waals surface area contributed by atoms with Gasteiger partial charge in [0.1, 0.15) is 0 Å². The lowest BCUT2D eigenvalue weighted by molar-refractivity contribution is -0.119. The van der Waals surface area contributed by atoms with E-state index < -0.39 is 0 Å². The summed E-state index contributed by atoms with van der Waals surface area (Å²) in [6, 6.07) is 18.7. The topological polar surface area (TPSA) is 82.3 Å². The van der Waals surface area contributed by atoms with E-state index in [0.29, 0.717) is 18.2 Å². The Balaban J connectivity index is 1.43. The number of piperidine rings is 1. The molecule has 0 radical (unpaired) electrons. The number of thiophene rings is 1. The summed E-state index contributed by atoms with van der Waals surface area (Å²) in [5, 5.41) is 13.0. The van der Waals surface area contributed by atoms with Crippen LogP contribution in [0.5, 0.6) is 0 Å². The number of aryl methyl sites for hydroxylation is 1. The molecule has 35 heavy (non-hydrogen) atoms. The number of carbonyl (C=O) groups excluding carboxylic acids is 2. The quantitative estimate of drug-likeness (QED) is 0.358. The van der Waals surface area contributed by atoms with Gasteiger partial charge in [0.25, 0.3) is 5.91 Å². The van der Waals surface area contributed by atoms with Crippen molar-refractivity contribution in [2.45, 2.75) is 52.2 Å². The highest BCUT2D eigenvalue weighted by Crippen LogP contribution is 2.30. The van der Waals surface area contributed by atoms with Gasteiger partial charge in [0, 0.05) is 34.0 Å². The standard InChI is InChI=1S/C28H34N4O2S/c1-18-7-8-24(32-23-11-13-29-14-12-23)16-26(18)28(34)31-19(2)21-5-4-6-22(15-21)27-10-9-25(35-27)17-30-20(3)33/h4-10,15-16,19,23,29,32H,11-14,17H2,1-3H3,(H,30,33)(H,31,34)/t19-/m1/s1. The first kappa shape index (κ1) is 24.9. The van der Waals surface area contributed by atoms with Crippen molar-refractivity contribution in [2.75, 3.05) is 18.4 Å². The van der Waals surface area contributed by atoms with Gasteiger partial charge in [0.15, 0.2) is 0 Å². The van der Waals surface area contributed by atoms with E-state index in [2.05, 4.69) is 45.5 Å². The third-order valence-corrected chi connectivity index (χ3v) is 7.52. The Morgan fingerprint density at radius 3 is 2.66 bits per heavy atom. The zero-order chi connectivity index (χ0) is 24.8. The van der Waals surface area contributed by atoms with Crippen LogP contribution in [0, 0.1) is 6.92 Å². The van der Waals surface area contributed by atoms with Crippen LogP contribution in [0.4, 0.5) is 5.69 Å². The lowest BCUT2D eigenvalue weighted by Crippen LogP contribution is -2.35. The molecule has 1 atom stereocenters. The Kier molecular flexibility index (Phi) is 8.21. The van der Waals surface area contributed by atoms with Crippen LogP contribution in [0.25, 0.3) is 10.4 Å². The van der Waals surface area contributed by atoms with Crippen LogP contribution in [0.2, 0.25) is 0 Å². The van der Waals surface area contributed by atoms with E-state index in [1.165, 1.54) is 6.92 Å². The molecular weight excluding hydrogens is 456 g/mol. The second-order valence-electron chi connectivity index (χ2n) is 9.19. The minimum Gasteiger partial charge on any atom is -0.382 e. The van der Waals surface area contributed by atoms with Gasteiger partial charge in [-0.1, -0.05) is 24.3 Å². The molecule has 7 heteroatoms. The van der Waals surface area contributed by atoms with Crippen molar-refractivity contribution >= 4 is 28.8 Å². The Bertz CT molecular complexity index is 1180. The monoisotopic (exact) mass is 490 g/mol. The summed E-state index contributed by atoms with van der Waals surface area (Å²) in [7, 11) is 0. The summed E-state index contributed by atoms with van der Waals surface area (Å²) in [6.45, 7) is 8.10. The molecule has 2 amide bonds. The van der Waals surface area contributed by atoms with E-state index in [-0.39, 0.29) is 17.9 Å². The van der Waals surface area contributed by atoms with Crippen molar-refractivity contribution < 1.29 is 9.59 Å². The molecule has 1 fully saturated rings. The van der Waals surface area contributed by atoms with Gasteiger partial charge in [-0.05, 0) is 86.8 Å². The molecule has 1 saturated heterocycles. The van der Waals surface area contributed by atoms with Crippen LogP contribution in [-0.4, -0.2) is 30.9 Å². The number of nitrogens with one attached hydrogen (secondary N) is 4. The van der Waals surface area contributed by atoms with Crippen LogP contribution in [0.3, 0.4) is 0 Å². The van der Waals surface area contributed by atoms with Gasteiger partial charge in [0.2, 0.25) is 5.91 Å². The number of rotatable bonds is 8. The number of benzene rings is 2. The number of hydrogen-bond acceptors (Lipinski definition) is 5. The number of amides is 2. The van der Waals surface area contributed by atoms with Gasteiger partial charge < -0.3 is 21.3 Å². The molecule has 2 aromatic carbocycles. The highest BCUT2D eigenvalue weighted by Gasteiger charge is 2.17. The van der Waals surface area contributed by atoms with E-state index in [0.717, 1.165) is 58.1 Å². The predicted molar refractivity (Wildman–Crippen MR) is 144 cm³/mol. The van der Waals surface area contributed by atoms with Gasteiger partial charge in [-0.25, -0.2) is 0 Å². The molecule has 184 valence electrons. The van der Waals surface area contributed by atoms with Gasteiger partial charge in [-0.3, -0.25) is 9.59 Å². The molecule has 4 rings (SSSR count). The zero-order valence-corrected chi connectivity index (χ0v) is 21.4. The highest BCUT2D eigenvalue weighted by molar-refractivity contribution is 7.15. The second kappa shape index (κ2) is 11.5. The molecule has 1 aliphatic rings. The zero-order valence-electron chi connectivity index (χ0n) is 20.6. The van der Waals surface area contributed by atoms with Gasteiger partial charge in [0.05, 0.1) is 12.6 Å². The molecule has 2 heterocycles. The summed E-state index contributed by atoms with van der Waals surface area (Å²) >= 11 is 1.66. The Morgan fingerprint density at radius 2 is 1.89 bits per heavy atom. The molecule has 4 N–H and O–H groups in total. The minimum atomic E-state index is -0.137. The molecule has 0 spiro atoms. The van der Waals surface area contributed by atoms with Crippen LogP contribution in [0.1, 0.15) is 59.1 Å². The fourth-order valence-electron chi connectivity index (χ4n) is 4.32. The molecule has 0 bridgehead atoms. The maximum Gasteiger partial charge on any atom is 0.252 e. The van der Waals surface area contributed by atoms with E-state index in [4.69, 9.17) is 0 Å². The highest BCUT2D eigenvalue weighted by atomic mass is 32.1. The lowest BCUT2D eigenvalue weighted by Gasteiger charge is -2.25. The summed E-state index contributed by atoms with van der Waals surface area (Å²) in [5.74, 6) is -0.0996. The van der Waals surface area contributed by atoms with Crippen LogP contribution >= 0.6 is 11.3 Å². The molecule has 0 unspecified atom stereocenters.